The Bertz CT molecular complexity index is 2150. The molecule has 0 saturated carbocycles. The van der Waals surface area contributed by atoms with Gasteiger partial charge in [-0.25, -0.2) is 17.9 Å². The van der Waals surface area contributed by atoms with E-state index in [0.29, 0.717) is 59.8 Å². The van der Waals surface area contributed by atoms with Crippen molar-refractivity contribution in [2.24, 2.45) is 0 Å². The predicted octanol–water partition coefficient (Wildman–Crippen LogP) is 6.29. The minimum Gasteiger partial charge on any atom is -0.497 e. The van der Waals surface area contributed by atoms with Crippen LogP contribution in [0.3, 0.4) is 0 Å². The maximum Gasteiger partial charge on any atom is 0.338 e. The number of ether oxygens (including phenoxy) is 4. The van der Waals surface area contributed by atoms with Gasteiger partial charge in [0.15, 0.2) is 0 Å². The highest BCUT2D eigenvalue weighted by Crippen LogP contribution is 2.38. The SMILES string of the molecule is COC(=O)c1cc(Nc2c(S(=O)(=O)NCc3ccc(OC)cc3)cnc3cc(N4CCCc5ncccc54)ccc23)cc(OC2CCOCC2)c1. The highest BCUT2D eigenvalue weighted by Gasteiger charge is 2.25. The number of benzene rings is 3. The molecule has 4 heterocycles. The van der Waals surface area contributed by atoms with Crippen LogP contribution in [0.25, 0.3) is 10.9 Å². The third-order valence-electron chi connectivity index (χ3n) is 9.06. The molecule has 2 N–H and O–H groups in total. The second-order valence-corrected chi connectivity index (χ2v) is 14.1. The fraction of sp³-hybridized carbons (Fsp3) is 0.289. The van der Waals surface area contributed by atoms with Crippen LogP contribution >= 0.6 is 0 Å². The standard InChI is InChI=1S/C38H39N5O7S/c1-47-29-10-7-25(8-11-29)23-41-51(45,46)36-24-40-34-22-28(43-16-4-5-33-35(43)6-3-15-39-33)9-12-32(34)37(36)42-27-19-26(38(44)48-2)20-31(21-27)50-30-13-17-49-18-14-30/h3,6-12,15,19-22,24,30,41H,4-5,13-14,16-18,23H2,1-2H3,(H,40,42). The Hall–Kier alpha value is -5.24. The van der Waals surface area contributed by atoms with Gasteiger partial charge in [-0.1, -0.05) is 12.1 Å². The van der Waals surface area contributed by atoms with Gasteiger partial charge in [-0.05, 0) is 73.0 Å². The first kappa shape index (κ1) is 34.2. The van der Waals surface area contributed by atoms with Crippen LogP contribution in [0.1, 0.15) is 40.9 Å². The van der Waals surface area contributed by atoms with Crippen molar-refractivity contribution < 1.29 is 32.2 Å². The van der Waals surface area contributed by atoms with Crippen molar-refractivity contribution in [1.82, 2.24) is 14.7 Å². The van der Waals surface area contributed by atoms with Gasteiger partial charge >= 0.3 is 5.97 Å². The average Bonchev–Trinajstić information content (AvgIpc) is 3.17. The molecule has 0 amide bonds. The van der Waals surface area contributed by atoms with Crippen molar-refractivity contribution in [3.63, 3.8) is 0 Å². The molecule has 2 aliphatic heterocycles. The van der Waals surface area contributed by atoms with E-state index in [-0.39, 0.29) is 23.1 Å². The number of esters is 1. The molecule has 7 rings (SSSR count). The molecule has 264 valence electrons. The van der Waals surface area contributed by atoms with E-state index < -0.39 is 16.0 Å². The average molecular weight is 710 g/mol. The molecule has 2 aromatic heterocycles. The maximum absolute atomic E-state index is 14.0. The lowest BCUT2D eigenvalue weighted by Gasteiger charge is -2.30. The minimum absolute atomic E-state index is 0.0477. The minimum atomic E-state index is -4.11. The van der Waals surface area contributed by atoms with Gasteiger partial charge in [0.1, 0.15) is 22.5 Å². The lowest BCUT2D eigenvalue weighted by Crippen LogP contribution is -2.26. The molecule has 0 radical (unpaired) electrons. The highest BCUT2D eigenvalue weighted by molar-refractivity contribution is 7.89. The molecule has 0 spiro atoms. The Balaban J connectivity index is 1.29. The number of nitrogens with zero attached hydrogens (tertiary/aromatic N) is 3. The monoisotopic (exact) mass is 709 g/mol. The lowest BCUT2D eigenvalue weighted by atomic mass is 10.1. The molecule has 1 saturated heterocycles. The van der Waals surface area contributed by atoms with Crippen LogP contribution in [-0.4, -0.2) is 64.4 Å². The molecule has 3 aromatic carbocycles. The maximum atomic E-state index is 14.0. The molecule has 51 heavy (non-hydrogen) atoms. The number of aryl methyl sites for hydroxylation is 1. The molecule has 1 fully saturated rings. The number of carbonyl (C=O) groups excluding carboxylic acids is 1. The van der Waals surface area contributed by atoms with Gasteiger partial charge in [0.2, 0.25) is 10.0 Å². The summed E-state index contributed by atoms with van der Waals surface area (Å²) < 4.78 is 52.9. The normalized spacial score (nSPS) is 14.9. The number of pyridine rings is 2. The van der Waals surface area contributed by atoms with Crippen LogP contribution in [0, 0.1) is 0 Å². The molecular formula is C38H39N5O7S. The van der Waals surface area contributed by atoms with Crippen molar-refractivity contribution in [3.05, 3.63) is 102 Å². The summed E-state index contributed by atoms with van der Waals surface area (Å²) >= 11 is 0. The number of fused-ring (bicyclic) bond motifs is 2. The van der Waals surface area contributed by atoms with Gasteiger partial charge in [0.05, 0.1) is 55.6 Å². The van der Waals surface area contributed by atoms with E-state index in [1.807, 2.05) is 30.5 Å². The van der Waals surface area contributed by atoms with Crippen molar-refractivity contribution in [1.29, 1.82) is 0 Å². The zero-order valence-electron chi connectivity index (χ0n) is 28.4. The summed E-state index contributed by atoms with van der Waals surface area (Å²) in [6.45, 7) is 2.03. The molecule has 0 aliphatic carbocycles. The first-order valence-corrected chi connectivity index (χ1v) is 18.3. The van der Waals surface area contributed by atoms with E-state index in [0.717, 1.165) is 42.0 Å². The molecule has 12 nitrogen and oxygen atoms in total. The fourth-order valence-electron chi connectivity index (χ4n) is 6.43. The van der Waals surface area contributed by atoms with Crippen LogP contribution in [0.15, 0.2) is 90.1 Å². The zero-order valence-corrected chi connectivity index (χ0v) is 29.2. The fourth-order valence-corrected chi connectivity index (χ4v) is 7.56. The van der Waals surface area contributed by atoms with Crippen LogP contribution in [0.2, 0.25) is 0 Å². The van der Waals surface area contributed by atoms with E-state index >= 15 is 0 Å². The first-order valence-electron chi connectivity index (χ1n) is 16.8. The number of carbonyl (C=O) groups is 1. The van der Waals surface area contributed by atoms with E-state index in [1.165, 1.54) is 13.3 Å². The van der Waals surface area contributed by atoms with Crippen molar-refractivity contribution in [3.8, 4) is 11.5 Å². The summed E-state index contributed by atoms with van der Waals surface area (Å²) in [5.74, 6) is 0.572. The summed E-state index contributed by atoms with van der Waals surface area (Å²) in [5.41, 5.74) is 5.33. The van der Waals surface area contributed by atoms with Gasteiger partial charge in [0.25, 0.3) is 0 Å². The zero-order chi connectivity index (χ0) is 35.4. The van der Waals surface area contributed by atoms with Crippen molar-refractivity contribution in [2.75, 3.05) is 44.2 Å². The quantitative estimate of drug-likeness (QED) is 0.150. The van der Waals surface area contributed by atoms with Crippen molar-refractivity contribution >= 4 is 49.6 Å². The van der Waals surface area contributed by atoms with Gasteiger partial charge < -0.3 is 29.2 Å². The Morgan fingerprint density at radius 1 is 0.980 bits per heavy atom. The van der Waals surface area contributed by atoms with Gasteiger partial charge in [-0.2, -0.15) is 0 Å². The summed E-state index contributed by atoms with van der Waals surface area (Å²) in [4.78, 5) is 24.2. The van der Waals surface area contributed by atoms with E-state index in [1.54, 1.807) is 49.6 Å². The number of methoxy groups -OCH3 is 2. The lowest BCUT2D eigenvalue weighted by molar-refractivity contribution is 0.0254. The van der Waals surface area contributed by atoms with E-state index in [9.17, 15) is 13.2 Å². The second-order valence-electron chi connectivity index (χ2n) is 12.4. The summed E-state index contributed by atoms with van der Waals surface area (Å²) in [7, 11) is -1.23. The van der Waals surface area contributed by atoms with Gasteiger partial charge in [0, 0.05) is 61.2 Å². The Kier molecular flexibility index (Phi) is 10.0. The topological polar surface area (TPSA) is 141 Å². The van der Waals surface area contributed by atoms with Crippen molar-refractivity contribution in [2.45, 2.75) is 43.2 Å². The predicted molar refractivity (Wildman–Crippen MR) is 194 cm³/mol. The highest BCUT2D eigenvalue weighted by atomic mass is 32.2. The van der Waals surface area contributed by atoms with Crippen LogP contribution < -0.4 is 24.4 Å². The summed E-state index contributed by atoms with van der Waals surface area (Å²) in [6.07, 6.45) is 6.36. The molecule has 0 unspecified atom stereocenters. The van der Waals surface area contributed by atoms with Crippen LogP contribution in [0.4, 0.5) is 22.7 Å². The van der Waals surface area contributed by atoms with E-state index in [2.05, 4.69) is 31.0 Å². The third kappa shape index (κ3) is 7.60. The number of nitrogens with one attached hydrogen (secondary N) is 2. The number of hydrogen-bond acceptors (Lipinski definition) is 11. The van der Waals surface area contributed by atoms with Gasteiger partial charge in [-0.15, -0.1) is 0 Å². The largest absolute Gasteiger partial charge is 0.497 e. The number of rotatable bonds is 11. The first-order chi connectivity index (χ1) is 24.8. The molecule has 0 atom stereocenters. The van der Waals surface area contributed by atoms with Gasteiger partial charge in [-0.3, -0.25) is 9.97 Å². The molecule has 2 aliphatic rings. The van der Waals surface area contributed by atoms with Crippen LogP contribution in [-0.2, 0) is 32.5 Å². The number of hydrogen-bond donors (Lipinski definition) is 2. The Labute approximate surface area is 296 Å². The number of sulfonamides is 1. The number of anilines is 4. The Morgan fingerprint density at radius 3 is 2.59 bits per heavy atom. The third-order valence-corrected chi connectivity index (χ3v) is 10.5. The summed E-state index contributed by atoms with van der Waals surface area (Å²) in [6, 6.07) is 21.9. The molecular weight excluding hydrogens is 671 g/mol. The second kappa shape index (κ2) is 14.9. The number of aromatic nitrogens is 2. The van der Waals surface area contributed by atoms with E-state index in [4.69, 9.17) is 18.9 Å². The molecule has 0 bridgehead atoms. The smallest absolute Gasteiger partial charge is 0.338 e. The van der Waals surface area contributed by atoms with Crippen LogP contribution in [0.5, 0.6) is 11.5 Å². The Morgan fingerprint density at radius 2 is 1.80 bits per heavy atom. The summed E-state index contributed by atoms with van der Waals surface area (Å²) in [5, 5.41) is 3.91. The molecule has 13 heteroatoms. The molecule has 5 aromatic rings.